The van der Waals surface area contributed by atoms with Crippen LogP contribution in [0.15, 0.2) is 24.3 Å². The lowest BCUT2D eigenvalue weighted by Crippen LogP contribution is -2.28. The first-order valence-corrected chi connectivity index (χ1v) is 10.9. The summed E-state index contributed by atoms with van der Waals surface area (Å²) in [5.74, 6) is 0.652. The zero-order chi connectivity index (χ0) is 20.2. The number of amides is 1. The molecule has 2 aliphatic rings. The number of allylic oxidation sites excluding steroid dienone is 2. The second kappa shape index (κ2) is 13.1. The van der Waals surface area contributed by atoms with Crippen molar-refractivity contribution in [2.45, 2.75) is 83.0 Å². The zero-order valence-electron chi connectivity index (χ0n) is 17.1. The van der Waals surface area contributed by atoms with E-state index >= 15 is 0 Å². The van der Waals surface area contributed by atoms with Crippen LogP contribution >= 0.6 is 0 Å². The van der Waals surface area contributed by atoms with Gasteiger partial charge in [0.25, 0.3) is 0 Å². The molecule has 6 heteroatoms. The summed E-state index contributed by atoms with van der Waals surface area (Å²) in [6.45, 7) is 2.47. The first-order chi connectivity index (χ1) is 13.7. The van der Waals surface area contributed by atoms with Crippen molar-refractivity contribution in [1.82, 2.24) is 5.32 Å². The van der Waals surface area contributed by atoms with Gasteiger partial charge in [-0.15, -0.1) is 0 Å². The van der Waals surface area contributed by atoms with Crippen molar-refractivity contribution in [3.8, 4) is 0 Å². The first-order valence-electron chi connectivity index (χ1n) is 10.9. The Morgan fingerprint density at radius 1 is 1.21 bits per heavy atom. The lowest BCUT2D eigenvalue weighted by atomic mass is 9.89. The van der Waals surface area contributed by atoms with Gasteiger partial charge in [-0.1, -0.05) is 50.5 Å². The molecule has 5 atom stereocenters. The molecule has 160 valence electrons. The summed E-state index contributed by atoms with van der Waals surface area (Å²) in [5, 5.41) is 21.5. The molecule has 2 rings (SSSR count). The molecule has 0 spiro atoms. The summed E-state index contributed by atoms with van der Waals surface area (Å²) in [4.78, 5) is 22.3. The highest BCUT2D eigenvalue weighted by Gasteiger charge is 2.49. The molecule has 1 saturated heterocycles. The highest BCUT2D eigenvalue weighted by molar-refractivity contribution is 5.75. The molecule has 1 heterocycles. The fraction of sp³-hybridized carbons (Fsp3) is 0.773. The lowest BCUT2D eigenvalue weighted by molar-refractivity contribution is -0.336. The van der Waals surface area contributed by atoms with Gasteiger partial charge in [-0.05, 0) is 25.7 Å². The molecule has 28 heavy (non-hydrogen) atoms. The van der Waals surface area contributed by atoms with Crippen molar-refractivity contribution in [1.29, 1.82) is 0 Å². The van der Waals surface area contributed by atoms with Gasteiger partial charge in [0.05, 0.1) is 18.8 Å². The van der Waals surface area contributed by atoms with Gasteiger partial charge in [0.2, 0.25) is 5.91 Å². The Balaban J connectivity index is 1.71. The Morgan fingerprint density at radius 2 is 2.04 bits per heavy atom. The van der Waals surface area contributed by atoms with Gasteiger partial charge in [0.15, 0.2) is 0 Å². The van der Waals surface area contributed by atoms with E-state index in [4.69, 9.17) is 14.9 Å². The first kappa shape index (κ1) is 23.1. The van der Waals surface area contributed by atoms with Crippen LogP contribution < -0.4 is 5.32 Å². The van der Waals surface area contributed by atoms with Crippen LogP contribution in [0.1, 0.15) is 64.7 Å². The molecule has 1 aliphatic heterocycles. The second-order valence-electron chi connectivity index (χ2n) is 7.87. The van der Waals surface area contributed by atoms with Gasteiger partial charge in [-0.2, -0.15) is 0 Å². The predicted molar refractivity (Wildman–Crippen MR) is 108 cm³/mol. The van der Waals surface area contributed by atoms with Gasteiger partial charge in [-0.3, -0.25) is 4.79 Å². The predicted octanol–water partition coefficient (Wildman–Crippen LogP) is 3.04. The van der Waals surface area contributed by atoms with Gasteiger partial charge in [0, 0.05) is 31.2 Å². The highest BCUT2D eigenvalue weighted by Crippen LogP contribution is 2.44. The van der Waals surface area contributed by atoms with E-state index in [0.717, 1.165) is 51.4 Å². The maximum Gasteiger partial charge on any atom is 0.220 e. The summed E-state index contributed by atoms with van der Waals surface area (Å²) < 4.78 is 0. The van der Waals surface area contributed by atoms with E-state index in [1.165, 1.54) is 0 Å². The number of aliphatic hydroxyl groups excluding tert-OH is 2. The van der Waals surface area contributed by atoms with Crippen LogP contribution in [0.3, 0.4) is 0 Å². The molecule has 0 radical (unpaired) electrons. The molecule has 0 unspecified atom stereocenters. The molecule has 2 bridgehead atoms. The quantitative estimate of drug-likeness (QED) is 0.239. The van der Waals surface area contributed by atoms with Crippen molar-refractivity contribution in [3.05, 3.63) is 24.3 Å². The van der Waals surface area contributed by atoms with E-state index in [1.54, 1.807) is 0 Å². The van der Waals surface area contributed by atoms with Crippen LogP contribution in [0.4, 0.5) is 0 Å². The maximum absolute atomic E-state index is 11.5. The average Bonchev–Trinajstić information content (AvgIpc) is 3.29. The Bertz CT molecular complexity index is 507. The smallest absolute Gasteiger partial charge is 0.220 e. The molecule has 2 fully saturated rings. The molecular formula is C22H37NO5. The fourth-order valence-corrected chi connectivity index (χ4v) is 4.01. The number of rotatable bonds is 14. The minimum atomic E-state index is -0.375. The van der Waals surface area contributed by atoms with E-state index in [0.29, 0.717) is 18.9 Å². The van der Waals surface area contributed by atoms with Crippen LogP contribution in [0.2, 0.25) is 0 Å². The van der Waals surface area contributed by atoms with Crippen molar-refractivity contribution >= 4 is 5.91 Å². The molecule has 0 aromatic heterocycles. The minimum absolute atomic E-state index is 0.0104. The van der Waals surface area contributed by atoms with Crippen molar-refractivity contribution in [2.24, 2.45) is 11.8 Å². The van der Waals surface area contributed by atoms with E-state index in [2.05, 4.69) is 30.5 Å². The molecule has 1 saturated carbocycles. The van der Waals surface area contributed by atoms with Gasteiger partial charge < -0.3 is 15.5 Å². The number of carbonyl (C=O) groups is 1. The van der Waals surface area contributed by atoms with Gasteiger partial charge in [0.1, 0.15) is 6.10 Å². The SMILES string of the molecule is CCCCC[C@H](O)/C=C/[C@@H]1[C@@H](C/C=C\CCCC(=O)NCCO)[C@H]2C[C@@H]1OO2. The van der Waals surface area contributed by atoms with Crippen molar-refractivity contribution in [2.75, 3.05) is 13.2 Å². The standard InChI is InChI=1S/C22H37NO5/c1-2-3-6-9-17(25)12-13-19-18(20-16-21(19)28-27-20)10-7-4-5-8-11-22(26)23-14-15-24/h4,7,12-13,17-21,24-25H,2-3,5-6,8-11,14-16H2,1H3,(H,23,26)/b7-4-,13-12+/t17-,18+,19+,20+,21-/m0/s1. The second-order valence-corrected chi connectivity index (χ2v) is 7.87. The molecule has 0 aromatic carbocycles. The maximum atomic E-state index is 11.5. The summed E-state index contributed by atoms with van der Waals surface area (Å²) in [6, 6.07) is 0. The third kappa shape index (κ3) is 7.66. The highest BCUT2D eigenvalue weighted by atomic mass is 17.2. The van der Waals surface area contributed by atoms with Crippen LogP contribution in [-0.2, 0) is 14.6 Å². The van der Waals surface area contributed by atoms with Crippen LogP contribution in [0.25, 0.3) is 0 Å². The summed E-state index contributed by atoms with van der Waals surface area (Å²) in [6.07, 6.45) is 16.4. The monoisotopic (exact) mass is 395 g/mol. The Labute approximate surface area is 168 Å². The Hall–Kier alpha value is -1.21. The number of hydrogen-bond donors (Lipinski definition) is 3. The number of aliphatic hydroxyl groups is 2. The number of nitrogens with one attached hydrogen (secondary N) is 1. The number of fused-ring (bicyclic) bond motifs is 2. The zero-order valence-corrected chi connectivity index (χ0v) is 17.1. The number of hydrogen-bond acceptors (Lipinski definition) is 5. The minimum Gasteiger partial charge on any atom is -0.395 e. The fourth-order valence-electron chi connectivity index (χ4n) is 4.01. The molecule has 1 amide bonds. The molecule has 0 aromatic rings. The lowest BCUT2D eigenvalue weighted by Gasteiger charge is -2.27. The largest absolute Gasteiger partial charge is 0.395 e. The molecule has 3 N–H and O–H groups in total. The van der Waals surface area contributed by atoms with E-state index in [1.807, 2.05) is 6.08 Å². The summed E-state index contributed by atoms with van der Waals surface area (Å²) >= 11 is 0. The topological polar surface area (TPSA) is 88.0 Å². The third-order valence-electron chi connectivity index (χ3n) is 5.61. The van der Waals surface area contributed by atoms with Gasteiger partial charge in [-0.25, -0.2) is 9.78 Å². The molecule has 6 nitrogen and oxygen atoms in total. The van der Waals surface area contributed by atoms with Crippen molar-refractivity contribution in [3.63, 3.8) is 0 Å². The third-order valence-corrected chi connectivity index (χ3v) is 5.61. The van der Waals surface area contributed by atoms with Crippen molar-refractivity contribution < 1.29 is 24.8 Å². The summed E-state index contributed by atoms with van der Waals surface area (Å²) in [5.41, 5.74) is 0. The van der Waals surface area contributed by atoms with Gasteiger partial charge >= 0.3 is 0 Å². The average molecular weight is 396 g/mol. The van der Waals surface area contributed by atoms with E-state index < -0.39 is 0 Å². The van der Waals surface area contributed by atoms with Crippen LogP contribution in [0, 0.1) is 11.8 Å². The summed E-state index contributed by atoms with van der Waals surface area (Å²) in [7, 11) is 0. The molecule has 1 aliphatic carbocycles. The number of unbranched alkanes of at least 4 members (excludes halogenated alkanes) is 3. The van der Waals surface area contributed by atoms with E-state index in [9.17, 15) is 9.90 Å². The Morgan fingerprint density at radius 3 is 2.82 bits per heavy atom. The van der Waals surface area contributed by atoms with Crippen LogP contribution in [-0.4, -0.2) is 47.6 Å². The molecular weight excluding hydrogens is 358 g/mol. The van der Waals surface area contributed by atoms with Crippen LogP contribution in [0.5, 0.6) is 0 Å². The normalized spacial score (nSPS) is 27.8. The Kier molecular flexibility index (Phi) is 10.8. The van der Waals surface area contributed by atoms with E-state index in [-0.39, 0.29) is 36.7 Å². The number of carbonyl (C=O) groups excluding carboxylic acids is 1.